The van der Waals surface area contributed by atoms with Gasteiger partial charge in [0.1, 0.15) is 35.2 Å². The molecule has 6 rings (SSSR count). The number of β-amino-alcohol motifs (C(OH)–C–C–N with tert-alkyl or cyclic N) is 1. The van der Waals surface area contributed by atoms with Crippen LogP contribution in [0.15, 0.2) is 59.3 Å². The van der Waals surface area contributed by atoms with Crippen LogP contribution in [0.1, 0.15) is 62.7 Å². The molecule has 1 saturated carbocycles. The van der Waals surface area contributed by atoms with E-state index in [2.05, 4.69) is 42.2 Å². The van der Waals surface area contributed by atoms with E-state index in [1.807, 2.05) is 30.0 Å². The van der Waals surface area contributed by atoms with Crippen molar-refractivity contribution in [2.24, 2.45) is 0 Å². The molecule has 0 unspecified atom stereocenters. The van der Waals surface area contributed by atoms with Crippen LogP contribution in [0.3, 0.4) is 0 Å². The van der Waals surface area contributed by atoms with Crippen molar-refractivity contribution in [3.63, 3.8) is 0 Å². The van der Waals surface area contributed by atoms with Gasteiger partial charge < -0.3 is 24.4 Å². The number of hydrogen-bond acceptors (Lipinski definition) is 7. The van der Waals surface area contributed by atoms with E-state index in [0.29, 0.717) is 37.2 Å². The molecule has 1 aliphatic carbocycles. The molecule has 4 aromatic rings. The number of aromatic carboxylic acids is 1. The number of anilines is 1. The summed E-state index contributed by atoms with van der Waals surface area (Å²) in [6.45, 7) is 7.14. The van der Waals surface area contributed by atoms with Crippen molar-refractivity contribution in [1.82, 2.24) is 10.1 Å². The number of nitrogens with zero attached hydrogens (tertiary/aromatic N) is 3. The first-order valence-corrected chi connectivity index (χ1v) is 13.2. The molecule has 2 fully saturated rings. The lowest BCUT2D eigenvalue weighted by Crippen LogP contribution is -2.60. The summed E-state index contributed by atoms with van der Waals surface area (Å²) >= 11 is 0. The van der Waals surface area contributed by atoms with Crippen molar-refractivity contribution < 1.29 is 24.3 Å². The largest absolute Gasteiger partial charge is 0.489 e. The van der Waals surface area contributed by atoms with Gasteiger partial charge in [-0.05, 0) is 80.1 Å². The lowest BCUT2D eigenvalue weighted by atomic mass is 9.83. The molecule has 1 aliphatic heterocycles. The molecule has 200 valence electrons. The van der Waals surface area contributed by atoms with Crippen LogP contribution in [0.2, 0.25) is 0 Å². The van der Waals surface area contributed by atoms with Crippen LogP contribution >= 0.6 is 0 Å². The van der Waals surface area contributed by atoms with E-state index in [9.17, 15) is 15.0 Å². The summed E-state index contributed by atoms with van der Waals surface area (Å²) in [5.41, 5.74) is 6.12. The Bertz CT molecular complexity index is 1550. The standard InChI is InChI=1S/C31H31N3O5/c1-18-5-4-6-19(2)27(18)28-24(29(39-33-28)21-7-8-21)15-38-23-9-10-25(20(3)13-23)31(37)16-34(17-31)26-14-22(30(35)36)11-12-32-26/h4-6,9-14,21,37H,7-8,15-17H2,1-3H3,(H,35,36). The first kappa shape index (κ1) is 25.1. The zero-order chi connectivity index (χ0) is 27.3. The number of carbonyl (C=O) groups is 1. The first-order valence-electron chi connectivity index (χ1n) is 13.2. The molecule has 2 aromatic carbocycles. The van der Waals surface area contributed by atoms with E-state index in [4.69, 9.17) is 9.26 Å². The number of aryl methyl sites for hydroxylation is 3. The van der Waals surface area contributed by atoms with E-state index in [-0.39, 0.29) is 5.56 Å². The smallest absolute Gasteiger partial charge is 0.335 e. The Morgan fingerprint density at radius 2 is 1.82 bits per heavy atom. The molecule has 0 spiro atoms. The number of carboxylic acid groups (broad SMARTS) is 1. The molecular weight excluding hydrogens is 494 g/mol. The Kier molecular flexibility index (Phi) is 6.14. The fraction of sp³-hybridized carbons (Fsp3) is 0.323. The number of aliphatic hydroxyl groups is 1. The van der Waals surface area contributed by atoms with Gasteiger partial charge in [-0.3, -0.25) is 0 Å². The summed E-state index contributed by atoms with van der Waals surface area (Å²) < 4.78 is 12.1. The molecule has 8 heteroatoms. The van der Waals surface area contributed by atoms with E-state index >= 15 is 0 Å². The molecule has 2 aromatic heterocycles. The predicted octanol–water partition coefficient (Wildman–Crippen LogP) is 5.52. The third-order valence-electron chi connectivity index (χ3n) is 7.79. The molecule has 8 nitrogen and oxygen atoms in total. The van der Waals surface area contributed by atoms with Gasteiger partial charge in [0.25, 0.3) is 0 Å². The molecular formula is C31H31N3O5. The zero-order valence-electron chi connectivity index (χ0n) is 22.3. The highest BCUT2D eigenvalue weighted by molar-refractivity contribution is 5.88. The van der Waals surface area contributed by atoms with E-state index < -0.39 is 11.6 Å². The minimum absolute atomic E-state index is 0.173. The lowest BCUT2D eigenvalue weighted by Gasteiger charge is -2.48. The van der Waals surface area contributed by atoms with Crippen LogP contribution in [-0.4, -0.2) is 39.4 Å². The number of ether oxygens (including phenoxy) is 1. The second-order valence-electron chi connectivity index (χ2n) is 10.8. The first-order chi connectivity index (χ1) is 18.7. The van der Waals surface area contributed by atoms with Crippen molar-refractivity contribution in [1.29, 1.82) is 0 Å². The molecule has 1 saturated heterocycles. The number of rotatable bonds is 8. The molecule has 0 amide bonds. The summed E-state index contributed by atoms with van der Waals surface area (Å²) in [5.74, 6) is 1.57. The molecule has 39 heavy (non-hydrogen) atoms. The highest BCUT2D eigenvalue weighted by Gasteiger charge is 2.44. The Labute approximate surface area is 226 Å². The topological polar surface area (TPSA) is 109 Å². The Balaban J connectivity index is 1.19. The van der Waals surface area contributed by atoms with E-state index in [0.717, 1.165) is 57.7 Å². The second kappa shape index (κ2) is 9.54. The van der Waals surface area contributed by atoms with Gasteiger partial charge in [-0.2, -0.15) is 0 Å². The quantitative estimate of drug-likeness (QED) is 0.309. The molecule has 0 bridgehead atoms. The minimum atomic E-state index is -1.05. The second-order valence-corrected chi connectivity index (χ2v) is 10.8. The number of pyridine rings is 1. The van der Waals surface area contributed by atoms with Crippen LogP contribution in [0.5, 0.6) is 5.75 Å². The molecule has 2 N–H and O–H groups in total. The predicted molar refractivity (Wildman–Crippen MR) is 146 cm³/mol. The monoisotopic (exact) mass is 525 g/mol. The summed E-state index contributed by atoms with van der Waals surface area (Å²) in [5, 5.41) is 25.1. The fourth-order valence-electron chi connectivity index (χ4n) is 5.56. The van der Waals surface area contributed by atoms with Gasteiger partial charge in [-0.25, -0.2) is 9.78 Å². The van der Waals surface area contributed by atoms with Gasteiger partial charge in [0.05, 0.1) is 24.2 Å². The Hall–Kier alpha value is -4.17. The van der Waals surface area contributed by atoms with Gasteiger partial charge in [0.15, 0.2) is 0 Å². The van der Waals surface area contributed by atoms with Gasteiger partial charge in [0, 0.05) is 17.7 Å². The minimum Gasteiger partial charge on any atom is -0.489 e. The fourth-order valence-corrected chi connectivity index (χ4v) is 5.56. The lowest BCUT2D eigenvalue weighted by molar-refractivity contribution is 0.00644. The normalized spacial score (nSPS) is 16.2. The van der Waals surface area contributed by atoms with Gasteiger partial charge in [0.2, 0.25) is 0 Å². The molecule has 2 aliphatic rings. The van der Waals surface area contributed by atoms with Crippen LogP contribution < -0.4 is 9.64 Å². The van der Waals surface area contributed by atoms with Gasteiger partial charge in [-0.1, -0.05) is 29.4 Å². The highest BCUT2D eigenvalue weighted by atomic mass is 16.5. The summed E-state index contributed by atoms with van der Waals surface area (Å²) in [6, 6.07) is 15.0. The Morgan fingerprint density at radius 3 is 2.49 bits per heavy atom. The van der Waals surface area contributed by atoms with Crippen molar-refractivity contribution >= 4 is 11.8 Å². The maximum absolute atomic E-state index is 11.3. The number of benzene rings is 2. The third kappa shape index (κ3) is 4.65. The van der Waals surface area contributed by atoms with Crippen molar-refractivity contribution in [2.45, 2.75) is 51.7 Å². The maximum atomic E-state index is 11.3. The average molecular weight is 526 g/mol. The van der Waals surface area contributed by atoms with Crippen molar-refractivity contribution in [3.8, 4) is 17.0 Å². The van der Waals surface area contributed by atoms with Crippen LogP contribution in [-0.2, 0) is 12.2 Å². The SMILES string of the molecule is Cc1cc(OCc2c(-c3c(C)cccc3C)noc2C2CC2)ccc1C1(O)CN(c2cc(C(=O)O)ccn2)C1. The van der Waals surface area contributed by atoms with E-state index in [1.165, 1.54) is 18.3 Å². The van der Waals surface area contributed by atoms with Crippen LogP contribution in [0.25, 0.3) is 11.3 Å². The summed E-state index contributed by atoms with van der Waals surface area (Å²) in [7, 11) is 0. The molecule has 0 radical (unpaired) electrons. The third-order valence-corrected chi connectivity index (χ3v) is 7.79. The number of aromatic nitrogens is 2. The molecule has 0 atom stereocenters. The summed E-state index contributed by atoms with van der Waals surface area (Å²) in [6.07, 6.45) is 3.69. The van der Waals surface area contributed by atoms with Gasteiger partial charge in [-0.15, -0.1) is 0 Å². The van der Waals surface area contributed by atoms with Crippen LogP contribution in [0, 0.1) is 20.8 Å². The van der Waals surface area contributed by atoms with Crippen LogP contribution in [0.4, 0.5) is 5.82 Å². The highest BCUT2D eigenvalue weighted by Crippen LogP contribution is 2.45. The number of hydrogen-bond donors (Lipinski definition) is 2. The molecule has 3 heterocycles. The maximum Gasteiger partial charge on any atom is 0.335 e. The average Bonchev–Trinajstić information content (AvgIpc) is 3.66. The van der Waals surface area contributed by atoms with Crippen molar-refractivity contribution in [2.75, 3.05) is 18.0 Å². The summed E-state index contributed by atoms with van der Waals surface area (Å²) in [4.78, 5) is 17.4. The zero-order valence-corrected chi connectivity index (χ0v) is 22.3. The van der Waals surface area contributed by atoms with E-state index in [1.54, 1.807) is 0 Å². The van der Waals surface area contributed by atoms with Gasteiger partial charge >= 0.3 is 5.97 Å². The Morgan fingerprint density at radius 1 is 1.08 bits per heavy atom. The van der Waals surface area contributed by atoms with Crippen molar-refractivity contribution in [3.05, 3.63) is 93.9 Å². The number of carboxylic acids is 1.